The van der Waals surface area contributed by atoms with E-state index < -0.39 is 17.9 Å². The molecule has 0 saturated heterocycles. The van der Waals surface area contributed by atoms with Crippen LogP contribution in [-0.4, -0.2) is 59.9 Å². The van der Waals surface area contributed by atoms with E-state index in [0.29, 0.717) is 41.4 Å². The molecule has 156 valence electrons. The molecule has 2 heterocycles. The Morgan fingerprint density at radius 2 is 1.73 bits per heavy atom. The highest BCUT2D eigenvalue weighted by atomic mass is 32.2. The third-order valence-corrected chi connectivity index (χ3v) is 5.75. The van der Waals surface area contributed by atoms with Crippen LogP contribution in [0.5, 0.6) is 11.5 Å². The first-order valence-electron chi connectivity index (χ1n) is 9.72. The molecule has 0 radical (unpaired) electrons. The van der Waals surface area contributed by atoms with E-state index in [1.807, 2.05) is 30.5 Å². The smallest absolute Gasteiger partial charge is 0.262 e. The van der Waals surface area contributed by atoms with Crippen molar-refractivity contribution in [2.45, 2.75) is 18.6 Å². The molecule has 2 aromatic rings. The molecule has 7 nitrogen and oxygen atoms in total. The van der Waals surface area contributed by atoms with Gasteiger partial charge in [-0.25, -0.2) is 0 Å². The number of carbonyl (C=O) groups is 3. The van der Waals surface area contributed by atoms with Crippen molar-refractivity contribution >= 4 is 29.5 Å². The fraction of sp³-hybridized carbons (Fsp3) is 0.318. The zero-order valence-corrected chi connectivity index (χ0v) is 17.3. The Morgan fingerprint density at radius 1 is 1.10 bits per heavy atom. The van der Waals surface area contributed by atoms with Crippen LogP contribution in [0, 0.1) is 0 Å². The molecule has 0 aliphatic carbocycles. The molecule has 30 heavy (non-hydrogen) atoms. The van der Waals surface area contributed by atoms with E-state index in [1.54, 1.807) is 36.0 Å². The summed E-state index contributed by atoms with van der Waals surface area (Å²) in [5, 5.41) is 2.84. The first-order valence-corrected chi connectivity index (χ1v) is 11.1. The summed E-state index contributed by atoms with van der Waals surface area (Å²) in [4.78, 5) is 39.8. The molecule has 8 heteroatoms. The first-order chi connectivity index (χ1) is 14.6. The van der Waals surface area contributed by atoms with E-state index >= 15 is 0 Å². The molecule has 2 aliphatic heterocycles. The van der Waals surface area contributed by atoms with Gasteiger partial charge in [0.05, 0.1) is 17.7 Å². The molecule has 3 amide bonds. The number of benzene rings is 2. The van der Waals surface area contributed by atoms with Crippen LogP contribution >= 0.6 is 11.8 Å². The second kappa shape index (κ2) is 8.79. The molecular weight excluding hydrogens is 404 g/mol. The van der Waals surface area contributed by atoms with Gasteiger partial charge in [0.25, 0.3) is 11.8 Å². The van der Waals surface area contributed by atoms with Crippen molar-refractivity contribution in [3.8, 4) is 11.5 Å². The van der Waals surface area contributed by atoms with Crippen molar-refractivity contribution in [2.24, 2.45) is 0 Å². The second-order valence-corrected chi connectivity index (χ2v) is 8.05. The number of nitrogens with one attached hydrogen (secondary N) is 1. The summed E-state index contributed by atoms with van der Waals surface area (Å²) in [6.07, 6.45) is 1.94. The van der Waals surface area contributed by atoms with E-state index in [2.05, 4.69) is 5.32 Å². The van der Waals surface area contributed by atoms with E-state index in [0.717, 1.165) is 4.90 Å². The molecule has 2 aromatic carbocycles. The number of ether oxygens (including phenoxy) is 2. The maximum Gasteiger partial charge on any atom is 0.262 e. The minimum absolute atomic E-state index is 0.214. The predicted molar refractivity (Wildman–Crippen MR) is 113 cm³/mol. The number of hydrogen-bond acceptors (Lipinski definition) is 6. The summed E-state index contributed by atoms with van der Waals surface area (Å²) in [6, 6.07) is 13.1. The lowest BCUT2D eigenvalue weighted by Gasteiger charge is -2.29. The van der Waals surface area contributed by atoms with Crippen molar-refractivity contribution < 1.29 is 23.9 Å². The molecule has 0 fully saturated rings. The van der Waals surface area contributed by atoms with Crippen LogP contribution in [0.4, 0.5) is 0 Å². The van der Waals surface area contributed by atoms with Gasteiger partial charge >= 0.3 is 0 Å². The summed E-state index contributed by atoms with van der Waals surface area (Å²) in [5.74, 6) is 0.709. The van der Waals surface area contributed by atoms with E-state index in [9.17, 15) is 14.4 Å². The Kier molecular flexibility index (Phi) is 5.94. The van der Waals surface area contributed by atoms with Crippen molar-refractivity contribution in [1.82, 2.24) is 10.2 Å². The number of rotatable bonds is 7. The summed E-state index contributed by atoms with van der Waals surface area (Å²) >= 11 is 1.56. The molecule has 0 aromatic heterocycles. The maximum atomic E-state index is 13.0. The SMILES string of the molecule is CSCC[C@@H](C(=O)NC[C@@H]1COc2ccccc2O1)N1C(=O)c2ccccc2C1=O. The van der Waals surface area contributed by atoms with Gasteiger partial charge in [-0.15, -0.1) is 0 Å². The quantitative estimate of drug-likeness (QED) is 0.685. The zero-order chi connectivity index (χ0) is 21.1. The van der Waals surface area contributed by atoms with Gasteiger partial charge in [0.2, 0.25) is 5.91 Å². The minimum Gasteiger partial charge on any atom is -0.486 e. The molecule has 0 unspecified atom stereocenters. The summed E-state index contributed by atoms with van der Waals surface area (Å²) in [6.45, 7) is 0.520. The number of amides is 3. The van der Waals surface area contributed by atoms with Gasteiger partial charge in [0.1, 0.15) is 18.8 Å². The van der Waals surface area contributed by atoms with Crippen molar-refractivity contribution in [3.63, 3.8) is 0 Å². The number of imide groups is 1. The molecule has 0 spiro atoms. The predicted octanol–water partition coefficient (Wildman–Crippen LogP) is 2.36. The molecule has 2 atom stereocenters. The van der Waals surface area contributed by atoms with E-state index in [4.69, 9.17) is 9.47 Å². The maximum absolute atomic E-state index is 13.0. The summed E-state index contributed by atoms with van der Waals surface area (Å²) in [5.41, 5.74) is 0.676. The highest BCUT2D eigenvalue weighted by Crippen LogP contribution is 2.31. The molecule has 1 N–H and O–H groups in total. The largest absolute Gasteiger partial charge is 0.486 e. The Morgan fingerprint density at radius 3 is 2.40 bits per heavy atom. The number of thioether (sulfide) groups is 1. The number of carbonyl (C=O) groups excluding carboxylic acids is 3. The number of fused-ring (bicyclic) bond motifs is 2. The zero-order valence-electron chi connectivity index (χ0n) is 16.5. The third-order valence-electron chi connectivity index (χ3n) is 5.11. The third kappa shape index (κ3) is 3.87. The Labute approximate surface area is 178 Å². The van der Waals surface area contributed by atoms with E-state index in [-0.39, 0.29) is 18.6 Å². The van der Waals surface area contributed by atoms with Crippen LogP contribution < -0.4 is 14.8 Å². The van der Waals surface area contributed by atoms with Crippen LogP contribution in [0.1, 0.15) is 27.1 Å². The molecule has 4 rings (SSSR count). The average Bonchev–Trinajstić information content (AvgIpc) is 3.03. The highest BCUT2D eigenvalue weighted by molar-refractivity contribution is 7.98. The lowest BCUT2D eigenvalue weighted by atomic mass is 10.1. The van der Waals surface area contributed by atoms with Crippen molar-refractivity contribution in [1.29, 1.82) is 0 Å². The monoisotopic (exact) mass is 426 g/mol. The van der Waals surface area contributed by atoms with Gasteiger partial charge in [0.15, 0.2) is 11.5 Å². The van der Waals surface area contributed by atoms with Crippen LogP contribution in [0.25, 0.3) is 0 Å². The molecule has 2 aliphatic rings. The van der Waals surface area contributed by atoms with Gasteiger partial charge in [-0.05, 0) is 42.7 Å². The summed E-state index contributed by atoms with van der Waals surface area (Å²) in [7, 11) is 0. The standard InChI is InChI=1S/C22H22N2O5S/c1-30-11-10-17(24-21(26)15-6-2-3-7-16(15)22(24)27)20(25)23-12-14-13-28-18-8-4-5-9-19(18)29-14/h2-9,14,17H,10-13H2,1H3,(H,23,25)/t14-,17+/m1/s1. The fourth-order valence-electron chi connectivity index (χ4n) is 3.59. The fourth-order valence-corrected chi connectivity index (χ4v) is 4.05. The Hall–Kier alpha value is -3.00. The normalized spacial score (nSPS) is 18.2. The number of hydrogen-bond donors (Lipinski definition) is 1. The van der Waals surface area contributed by atoms with E-state index in [1.165, 1.54) is 0 Å². The second-order valence-electron chi connectivity index (χ2n) is 7.07. The van der Waals surface area contributed by atoms with Crippen LogP contribution in [-0.2, 0) is 4.79 Å². The van der Waals surface area contributed by atoms with Gasteiger partial charge in [0, 0.05) is 0 Å². The highest BCUT2D eigenvalue weighted by Gasteiger charge is 2.42. The van der Waals surface area contributed by atoms with Crippen LogP contribution in [0.2, 0.25) is 0 Å². The van der Waals surface area contributed by atoms with Gasteiger partial charge in [-0.2, -0.15) is 11.8 Å². The van der Waals surface area contributed by atoms with Gasteiger partial charge < -0.3 is 14.8 Å². The number of nitrogens with zero attached hydrogens (tertiary/aromatic N) is 1. The number of para-hydroxylation sites is 2. The van der Waals surface area contributed by atoms with Crippen LogP contribution in [0.3, 0.4) is 0 Å². The molecule has 0 bridgehead atoms. The molecule has 0 saturated carbocycles. The topological polar surface area (TPSA) is 84.9 Å². The average molecular weight is 426 g/mol. The van der Waals surface area contributed by atoms with Crippen molar-refractivity contribution in [3.05, 3.63) is 59.7 Å². The Bertz CT molecular complexity index is 945. The first kappa shape index (κ1) is 20.3. The lowest BCUT2D eigenvalue weighted by Crippen LogP contribution is -2.52. The van der Waals surface area contributed by atoms with Gasteiger partial charge in [-0.1, -0.05) is 24.3 Å². The lowest BCUT2D eigenvalue weighted by molar-refractivity contribution is -0.125. The Balaban J connectivity index is 1.45. The van der Waals surface area contributed by atoms with Crippen molar-refractivity contribution in [2.75, 3.05) is 25.2 Å². The van der Waals surface area contributed by atoms with Crippen LogP contribution in [0.15, 0.2) is 48.5 Å². The van der Waals surface area contributed by atoms with Gasteiger partial charge in [-0.3, -0.25) is 19.3 Å². The minimum atomic E-state index is -0.873. The summed E-state index contributed by atoms with van der Waals surface area (Å²) < 4.78 is 11.5. The molecular formula is C22H22N2O5S.